The van der Waals surface area contributed by atoms with Crippen molar-refractivity contribution in [1.82, 2.24) is 5.32 Å². The minimum atomic E-state index is -1.02. The van der Waals surface area contributed by atoms with E-state index in [-0.39, 0.29) is 12.2 Å². The number of nitro benzene ring substituents is 1. The summed E-state index contributed by atoms with van der Waals surface area (Å²) in [5.41, 5.74) is -0.415. The van der Waals surface area contributed by atoms with E-state index in [0.717, 1.165) is 12.1 Å². The highest BCUT2D eigenvalue weighted by atomic mass is 19.1. The lowest BCUT2D eigenvalue weighted by molar-refractivity contribution is -0.387. The van der Waals surface area contributed by atoms with Crippen LogP contribution in [0.5, 0.6) is 0 Å². The Kier molecular flexibility index (Phi) is 5.14. The molecular formula is C11H15FN2O4. The monoisotopic (exact) mass is 258 g/mol. The zero-order valence-corrected chi connectivity index (χ0v) is 9.84. The Bertz CT molecular complexity index is 428. The molecule has 7 heteroatoms. The fourth-order valence-corrected chi connectivity index (χ4v) is 1.55. The van der Waals surface area contributed by atoms with Gasteiger partial charge in [0.1, 0.15) is 0 Å². The van der Waals surface area contributed by atoms with Crippen LogP contribution in [0, 0.1) is 15.9 Å². The van der Waals surface area contributed by atoms with Crippen LogP contribution in [0.2, 0.25) is 0 Å². The van der Waals surface area contributed by atoms with Gasteiger partial charge in [0.15, 0.2) is 0 Å². The van der Waals surface area contributed by atoms with E-state index < -0.39 is 28.6 Å². The van der Waals surface area contributed by atoms with Crippen molar-refractivity contribution in [2.24, 2.45) is 0 Å². The van der Waals surface area contributed by atoms with Crippen molar-refractivity contribution in [3.8, 4) is 0 Å². The van der Waals surface area contributed by atoms with Gasteiger partial charge in [-0.15, -0.1) is 0 Å². The summed E-state index contributed by atoms with van der Waals surface area (Å²) in [5, 5.41) is 32.0. The quantitative estimate of drug-likeness (QED) is 0.516. The van der Waals surface area contributed by atoms with Gasteiger partial charge in [0, 0.05) is 18.7 Å². The number of aliphatic hydroxyl groups is 2. The third kappa shape index (κ3) is 3.46. The first-order valence-electron chi connectivity index (χ1n) is 5.43. The molecule has 1 aromatic rings. The predicted molar refractivity (Wildman–Crippen MR) is 62.6 cm³/mol. The van der Waals surface area contributed by atoms with Gasteiger partial charge in [0.2, 0.25) is 5.82 Å². The predicted octanol–water partition coefficient (Wildman–Crippen LogP) is 0.738. The Hall–Kier alpha value is -1.57. The third-order valence-corrected chi connectivity index (χ3v) is 2.56. The van der Waals surface area contributed by atoms with Crippen molar-refractivity contribution in [3.05, 3.63) is 39.7 Å². The molecule has 0 heterocycles. The smallest absolute Gasteiger partial charge is 0.305 e. The molecule has 3 N–H and O–H groups in total. The van der Waals surface area contributed by atoms with Gasteiger partial charge >= 0.3 is 5.69 Å². The van der Waals surface area contributed by atoms with Gasteiger partial charge < -0.3 is 15.5 Å². The second kappa shape index (κ2) is 6.39. The van der Waals surface area contributed by atoms with Crippen LogP contribution in [0.4, 0.5) is 10.1 Å². The maximum atomic E-state index is 13.1. The standard InChI is InChI=1S/C11H15FN2O4/c1-7(13-4-5-15)11(16)8-2-3-9(12)10(6-8)14(17)18/h2-3,6-7,11,13,15-16H,4-5H2,1H3. The first-order chi connectivity index (χ1) is 8.47. The van der Waals surface area contributed by atoms with Gasteiger partial charge in [-0.05, 0) is 18.6 Å². The molecule has 0 saturated carbocycles. The fourth-order valence-electron chi connectivity index (χ4n) is 1.55. The summed E-state index contributed by atoms with van der Waals surface area (Å²) in [6.45, 7) is 1.87. The van der Waals surface area contributed by atoms with Crippen LogP contribution >= 0.6 is 0 Å². The van der Waals surface area contributed by atoms with Gasteiger partial charge in [-0.1, -0.05) is 6.07 Å². The first-order valence-corrected chi connectivity index (χ1v) is 5.43. The van der Waals surface area contributed by atoms with E-state index >= 15 is 0 Å². The fraction of sp³-hybridized carbons (Fsp3) is 0.455. The number of nitrogens with one attached hydrogen (secondary N) is 1. The SMILES string of the molecule is CC(NCCO)C(O)c1ccc(F)c([N+](=O)[O-])c1. The van der Waals surface area contributed by atoms with E-state index in [1.165, 1.54) is 6.07 Å². The molecule has 100 valence electrons. The molecule has 0 fully saturated rings. The minimum Gasteiger partial charge on any atom is -0.395 e. The molecule has 0 spiro atoms. The van der Waals surface area contributed by atoms with Gasteiger partial charge in [-0.3, -0.25) is 10.1 Å². The lowest BCUT2D eigenvalue weighted by atomic mass is 10.0. The molecule has 0 aliphatic carbocycles. The summed E-state index contributed by atoms with van der Waals surface area (Å²) < 4.78 is 13.1. The van der Waals surface area contributed by atoms with Crippen molar-refractivity contribution >= 4 is 5.69 Å². The van der Waals surface area contributed by atoms with Crippen molar-refractivity contribution < 1.29 is 19.5 Å². The Morgan fingerprint density at radius 2 is 2.22 bits per heavy atom. The Balaban J connectivity index is 2.89. The summed E-state index contributed by atoms with van der Waals surface area (Å²) in [4.78, 5) is 9.74. The maximum absolute atomic E-state index is 13.1. The summed E-state index contributed by atoms with van der Waals surface area (Å²) in [6, 6.07) is 2.85. The van der Waals surface area contributed by atoms with Gasteiger partial charge in [-0.2, -0.15) is 4.39 Å². The van der Waals surface area contributed by atoms with Crippen LogP contribution < -0.4 is 5.32 Å². The van der Waals surface area contributed by atoms with E-state index in [4.69, 9.17) is 5.11 Å². The van der Waals surface area contributed by atoms with Crippen molar-refractivity contribution in [3.63, 3.8) is 0 Å². The lowest BCUT2D eigenvalue weighted by Gasteiger charge is -2.20. The number of nitro groups is 1. The second-order valence-corrected chi connectivity index (χ2v) is 3.88. The molecular weight excluding hydrogens is 243 g/mol. The van der Waals surface area contributed by atoms with Crippen molar-refractivity contribution in [2.75, 3.05) is 13.2 Å². The van der Waals surface area contributed by atoms with Crippen LogP contribution in [0.1, 0.15) is 18.6 Å². The number of benzene rings is 1. The third-order valence-electron chi connectivity index (χ3n) is 2.56. The van der Waals surface area contributed by atoms with Gasteiger partial charge in [-0.25, -0.2) is 0 Å². The molecule has 2 unspecified atom stereocenters. The zero-order chi connectivity index (χ0) is 13.7. The normalized spacial score (nSPS) is 14.2. The molecule has 1 rings (SSSR count). The summed E-state index contributed by atoms with van der Waals surface area (Å²) >= 11 is 0. The molecule has 1 aromatic carbocycles. The molecule has 0 saturated heterocycles. The largest absolute Gasteiger partial charge is 0.395 e. The van der Waals surface area contributed by atoms with Gasteiger partial charge in [0.05, 0.1) is 17.6 Å². The van der Waals surface area contributed by atoms with E-state index in [1.807, 2.05) is 0 Å². The number of rotatable bonds is 6. The molecule has 0 aliphatic heterocycles. The molecule has 0 bridgehead atoms. The molecule has 6 nitrogen and oxygen atoms in total. The molecule has 0 aromatic heterocycles. The summed E-state index contributed by atoms with van der Waals surface area (Å²) in [5.74, 6) is -0.938. The molecule has 2 atom stereocenters. The number of halogens is 1. The maximum Gasteiger partial charge on any atom is 0.305 e. The zero-order valence-electron chi connectivity index (χ0n) is 9.84. The van der Waals surface area contributed by atoms with Gasteiger partial charge in [0.25, 0.3) is 0 Å². The lowest BCUT2D eigenvalue weighted by Crippen LogP contribution is -2.34. The Morgan fingerprint density at radius 3 is 2.78 bits per heavy atom. The number of hydrogen-bond acceptors (Lipinski definition) is 5. The average molecular weight is 258 g/mol. The minimum absolute atomic E-state index is 0.0827. The van der Waals surface area contributed by atoms with E-state index in [1.54, 1.807) is 6.92 Å². The van der Waals surface area contributed by atoms with E-state index in [2.05, 4.69) is 5.32 Å². The van der Waals surface area contributed by atoms with Crippen LogP contribution in [-0.4, -0.2) is 34.3 Å². The Morgan fingerprint density at radius 1 is 1.56 bits per heavy atom. The molecule has 0 radical (unpaired) electrons. The molecule has 0 amide bonds. The number of hydrogen-bond donors (Lipinski definition) is 3. The number of aliphatic hydroxyl groups excluding tert-OH is 2. The van der Waals surface area contributed by atoms with Crippen LogP contribution in [0.3, 0.4) is 0 Å². The summed E-state index contributed by atoms with van der Waals surface area (Å²) in [6.07, 6.45) is -1.02. The second-order valence-electron chi connectivity index (χ2n) is 3.88. The highest BCUT2D eigenvalue weighted by Gasteiger charge is 2.21. The highest BCUT2D eigenvalue weighted by molar-refractivity contribution is 5.37. The molecule has 18 heavy (non-hydrogen) atoms. The average Bonchev–Trinajstić information content (AvgIpc) is 2.35. The van der Waals surface area contributed by atoms with Crippen molar-refractivity contribution in [2.45, 2.75) is 19.1 Å². The van der Waals surface area contributed by atoms with E-state index in [0.29, 0.717) is 6.54 Å². The summed E-state index contributed by atoms with van der Waals surface area (Å²) in [7, 11) is 0. The van der Waals surface area contributed by atoms with Crippen molar-refractivity contribution in [1.29, 1.82) is 0 Å². The topological polar surface area (TPSA) is 95.6 Å². The Labute approximate surface area is 103 Å². The van der Waals surface area contributed by atoms with Crippen LogP contribution in [0.15, 0.2) is 18.2 Å². The van der Waals surface area contributed by atoms with Crippen LogP contribution in [0.25, 0.3) is 0 Å². The number of nitrogens with zero attached hydrogens (tertiary/aromatic N) is 1. The van der Waals surface area contributed by atoms with Crippen LogP contribution in [-0.2, 0) is 0 Å². The highest BCUT2D eigenvalue weighted by Crippen LogP contribution is 2.24. The van der Waals surface area contributed by atoms with E-state index in [9.17, 15) is 19.6 Å². The first kappa shape index (κ1) is 14.5. The molecule has 0 aliphatic rings.